The van der Waals surface area contributed by atoms with Gasteiger partial charge in [-0.3, -0.25) is 4.79 Å². The molecule has 1 aromatic carbocycles. The Morgan fingerprint density at radius 3 is 2.41 bits per heavy atom. The lowest BCUT2D eigenvalue weighted by Gasteiger charge is -2.13. The van der Waals surface area contributed by atoms with Crippen molar-refractivity contribution in [2.75, 3.05) is 13.7 Å². The van der Waals surface area contributed by atoms with Crippen molar-refractivity contribution < 1.29 is 14.3 Å². The van der Waals surface area contributed by atoms with Crippen LogP contribution >= 0.6 is 0 Å². The van der Waals surface area contributed by atoms with E-state index in [2.05, 4.69) is 6.58 Å². The molecule has 0 fully saturated rings. The highest BCUT2D eigenvalue weighted by Gasteiger charge is 2.14. The van der Waals surface area contributed by atoms with E-state index in [1.54, 1.807) is 13.2 Å². The number of hydrogen-bond donors (Lipinski definition) is 0. The number of Topliss-reactive ketones (excluding diaryl/α,β-unsaturated/α-hetero) is 1. The summed E-state index contributed by atoms with van der Waals surface area (Å²) in [6.07, 6.45) is 3.45. The van der Waals surface area contributed by atoms with Gasteiger partial charge in [0.1, 0.15) is 11.5 Å². The van der Waals surface area contributed by atoms with Crippen LogP contribution in [0.3, 0.4) is 0 Å². The summed E-state index contributed by atoms with van der Waals surface area (Å²) in [5.74, 6) is 1.50. The molecule has 3 heteroatoms. The van der Waals surface area contributed by atoms with Gasteiger partial charge in [-0.15, -0.1) is 0 Å². The van der Waals surface area contributed by atoms with Gasteiger partial charge in [0.05, 0.1) is 13.7 Å². The maximum Gasteiger partial charge on any atom is 0.165 e. The van der Waals surface area contributed by atoms with Crippen LogP contribution in [0.4, 0.5) is 0 Å². The number of ether oxygens (including phenoxy) is 2. The first-order chi connectivity index (χ1) is 10.5. The number of allylic oxidation sites excluding steroid dienone is 2. The predicted molar refractivity (Wildman–Crippen MR) is 90.8 cm³/mol. The lowest BCUT2D eigenvalue weighted by atomic mass is 9.97. The molecule has 0 aromatic heterocycles. The fourth-order valence-corrected chi connectivity index (χ4v) is 1.91. The Morgan fingerprint density at radius 2 is 1.91 bits per heavy atom. The lowest BCUT2D eigenvalue weighted by Crippen LogP contribution is -2.11. The van der Waals surface area contributed by atoms with Gasteiger partial charge in [-0.2, -0.15) is 0 Å². The molecule has 0 radical (unpaired) electrons. The van der Waals surface area contributed by atoms with Gasteiger partial charge in [0.25, 0.3) is 0 Å². The van der Waals surface area contributed by atoms with Gasteiger partial charge in [0.15, 0.2) is 5.78 Å². The molecular weight excluding hydrogens is 276 g/mol. The SMILES string of the molecule is C=C(/C=C(\OCCC)c1ccc(OC)cc1)C(=O)C(C)CC. The molecule has 0 aliphatic carbocycles. The average Bonchev–Trinajstić information content (AvgIpc) is 2.56. The number of rotatable bonds is 9. The molecule has 22 heavy (non-hydrogen) atoms. The number of carbonyl (C=O) groups excluding carboxylic acids is 1. The molecule has 1 unspecified atom stereocenters. The second kappa shape index (κ2) is 9.08. The van der Waals surface area contributed by atoms with Gasteiger partial charge in [0, 0.05) is 17.1 Å². The van der Waals surface area contributed by atoms with E-state index in [0.29, 0.717) is 17.9 Å². The molecule has 0 aliphatic heterocycles. The third-order valence-electron chi connectivity index (χ3n) is 3.52. The normalized spacial score (nSPS) is 12.6. The number of carbonyl (C=O) groups is 1. The predicted octanol–water partition coefficient (Wildman–Crippen LogP) is 4.63. The molecule has 0 amide bonds. The van der Waals surface area contributed by atoms with Gasteiger partial charge in [-0.1, -0.05) is 27.4 Å². The molecule has 0 saturated carbocycles. The molecule has 0 saturated heterocycles. The largest absolute Gasteiger partial charge is 0.497 e. The summed E-state index contributed by atoms with van der Waals surface area (Å²) in [4.78, 5) is 12.2. The van der Waals surface area contributed by atoms with Crippen molar-refractivity contribution in [3.05, 3.63) is 48.1 Å². The smallest absolute Gasteiger partial charge is 0.165 e. The molecule has 3 nitrogen and oxygen atoms in total. The first-order valence-electron chi connectivity index (χ1n) is 7.75. The van der Waals surface area contributed by atoms with Crippen LogP contribution in [-0.2, 0) is 9.53 Å². The standard InChI is InChI=1S/C19H26O3/c1-6-12-22-18(13-15(4)19(20)14(3)7-2)16-8-10-17(21-5)11-9-16/h8-11,13-14H,4,6-7,12H2,1-3,5H3/b18-13-. The van der Waals surface area contributed by atoms with E-state index in [1.165, 1.54) is 0 Å². The molecule has 1 atom stereocenters. The summed E-state index contributed by atoms with van der Waals surface area (Å²) in [5.41, 5.74) is 1.39. The van der Waals surface area contributed by atoms with E-state index in [-0.39, 0.29) is 11.7 Å². The van der Waals surface area contributed by atoms with E-state index < -0.39 is 0 Å². The van der Waals surface area contributed by atoms with E-state index >= 15 is 0 Å². The van der Waals surface area contributed by atoms with E-state index in [1.807, 2.05) is 45.0 Å². The van der Waals surface area contributed by atoms with Crippen molar-refractivity contribution in [3.63, 3.8) is 0 Å². The van der Waals surface area contributed by atoms with Crippen molar-refractivity contribution in [1.82, 2.24) is 0 Å². The van der Waals surface area contributed by atoms with Crippen LogP contribution in [0.2, 0.25) is 0 Å². The summed E-state index contributed by atoms with van der Waals surface area (Å²) < 4.78 is 11.0. The molecule has 1 aromatic rings. The highest BCUT2D eigenvalue weighted by atomic mass is 16.5. The minimum Gasteiger partial charge on any atom is -0.497 e. The zero-order valence-electron chi connectivity index (χ0n) is 14.0. The highest BCUT2D eigenvalue weighted by Crippen LogP contribution is 2.22. The Hall–Kier alpha value is -2.03. The third kappa shape index (κ3) is 5.06. The Morgan fingerprint density at radius 1 is 1.27 bits per heavy atom. The van der Waals surface area contributed by atoms with Crippen LogP contribution in [0.1, 0.15) is 39.2 Å². The lowest BCUT2D eigenvalue weighted by molar-refractivity contribution is -0.118. The zero-order valence-corrected chi connectivity index (χ0v) is 14.0. The second-order valence-electron chi connectivity index (χ2n) is 5.28. The Kier molecular flexibility index (Phi) is 7.44. The van der Waals surface area contributed by atoms with E-state index in [4.69, 9.17) is 9.47 Å². The summed E-state index contributed by atoms with van der Waals surface area (Å²) in [6, 6.07) is 7.58. The van der Waals surface area contributed by atoms with Crippen LogP contribution in [0.25, 0.3) is 5.76 Å². The minimum absolute atomic E-state index is 0.0213. The molecule has 0 spiro atoms. The van der Waals surface area contributed by atoms with Crippen LogP contribution in [0.15, 0.2) is 42.5 Å². The molecule has 0 aliphatic rings. The van der Waals surface area contributed by atoms with Crippen molar-refractivity contribution in [2.45, 2.75) is 33.6 Å². The van der Waals surface area contributed by atoms with Gasteiger partial charge >= 0.3 is 0 Å². The Bertz CT molecular complexity index is 526. The molecule has 1 rings (SSSR count). The Balaban J connectivity index is 3.02. The topological polar surface area (TPSA) is 35.5 Å². The molecule has 0 heterocycles. The van der Waals surface area contributed by atoms with Crippen LogP contribution in [0.5, 0.6) is 5.75 Å². The molecule has 0 N–H and O–H groups in total. The van der Waals surface area contributed by atoms with Gasteiger partial charge in [-0.25, -0.2) is 0 Å². The average molecular weight is 302 g/mol. The number of benzene rings is 1. The number of hydrogen-bond acceptors (Lipinski definition) is 3. The molecular formula is C19H26O3. The fraction of sp³-hybridized carbons (Fsp3) is 0.421. The van der Waals surface area contributed by atoms with Gasteiger partial charge in [-0.05, 0) is 43.2 Å². The minimum atomic E-state index is -0.0213. The zero-order chi connectivity index (χ0) is 16.5. The van der Waals surface area contributed by atoms with Crippen molar-refractivity contribution in [2.24, 2.45) is 5.92 Å². The van der Waals surface area contributed by atoms with E-state index in [0.717, 1.165) is 24.2 Å². The fourth-order valence-electron chi connectivity index (χ4n) is 1.91. The quantitative estimate of drug-likeness (QED) is 0.379. The molecule has 120 valence electrons. The Labute approximate surface area is 133 Å². The first kappa shape index (κ1) is 18.0. The van der Waals surface area contributed by atoms with Crippen molar-refractivity contribution in [1.29, 1.82) is 0 Å². The highest BCUT2D eigenvalue weighted by molar-refractivity contribution is 6.00. The van der Waals surface area contributed by atoms with Gasteiger partial charge in [0.2, 0.25) is 0 Å². The van der Waals surface area contributed by atoms with Crippen molar-refractivity contribution >= 4 is 11.5 Å². The van der Waals surface area contributed by atoms with E-state index in [9.17, 15) is 4.79 Å². The van der Waals surface area contributed by atoms with Crippen LogP contribution < -0.4 is 4.74 Å². The number of ketones is 1. The van der Waals surface area contributed by atoms with Crippen LogP contribution in [0, 0.1) is 5.92 Å². The summed E-state index contributed by atoms with van der Waals surface area (Å²) >= 11 is 0. The van der Waals surface area contributed by atoms with Crippen LogP contribution in [-0.4, -0.2) is 19.5 Å². The monoisotopic (exact) mass is 302 g/mol. The molecule has 0 bridgehead atoms. The maximum atomic E-state index is 12.2. The van der Waals surface area contributed by atoms with Gasteiger partial charge < -0.3 is 9.47 Å². The number of methoxy groups -OCH3 is 1. The maximum absolute atomic E-state index is 12.2. The summed E-state index contributed by atoms with van der Waals surface area (Å²) in [6.45, 7) is 10.5. The third-order valence-corrected chi connectivity index (χ3v) is 3.52. The summed E-state index contributed by atoms with van der Waals surface area (Å²) in [7, 11) is 1.63. The van der Waals surface area contributed by atoms with Crippen molar-refractivity contribution in [3.8, 4) is 5.75 Å². The first-order valence-corrected chi connectivity index (χ1v) is 7.75. The second-order valence-corrected chi connectivity index (χ2v) is 5.28. The summed E-state index contributed by atoms with van der Waals surface area (Å²) in [5, 5.41) is 0.